The zero-order valence-electron chi connectivity index (χ0n) is 13.1. The first kappa shape index (κ1) is 16.4. The van der Waals surface area contributed by atoms with Crippen molar-refractivity contribution in [2.24, 2.45) is 0 Å². The Morgan fingerprint density at radius 1 is 1.46 bits per heavy atom. The van der Waals surface area contributed by atoms with E-state index in [0.29, 0.717) is 18.0 Å². The van der Waals surface area contributed by atoms with Gasteiger partial charge in [0.2, 0.25) is 0 Å². The monoisotopic (exact) mass is 356 g/mol. The Labute approximate surface area is 148 Å². The van der Waals surface area contributed by atoms with Crippen LogP contribution in [0, 0.1) is 17.3 Å². The highest BCUT2D eigenvalue weighted by atomic mass is 32.2. The molecule has 1 aliphatic rings. The van der Waals surface area contributed by atoms with Crippen LogP contribution < -0.4 is 10.6 Å². The van der Waals surface area contributed by atoms with Gasteiger partial charge in [0.1, 0.15) is 16.6 Å². The molecule has 0 saturated carbocycles. The molecule has 0 unspecified atom stereocenters. The highest BCUT2D eigenvalue weighted by Gasteiger charge is 2.12. The van der Waals surface area contributed by atoms with Crippen molar-refractivity contribution in [1.82, 2.24) is 15.6 Å². The summed E-state index contributed by atoms with van der Waals surface area (Å²) in [6.07, 6.45) is 4.26. The molecule has 0 spiro atoms. The summed E-state index contributed by atoms with van der Waals surface area (Å²) in [7, 11) is 1.84. The predicted molar refractivity (Wildman–Crippen MR) is 99.9 cm³/mol. The number of aromatic nitrogens is 1. The zero-order chi connectivity index (χ0) is 16.8. The average Bonchev–Trinajstić information content (AvgIpc) is 3.32. The van der Waals surface area contributed by atoms with E-state index in [2.05, 4.69) is 27.5 Å². The van der Waals surface area contributed by atoms with E-state index in [9.17, 15) is 0 Å². The fourth-order valence-electron chi connectivity index (χ4n) is 2.07. The number of thioether (sulfide) groups is 1. The number of allylic oxidation sites excluding steroid dienone is 1. The largest absolute Gasteiger partial charge is 0.462 e. The minimum Gasteiger partial charge on any atom is -0.462 e. The second-order valence-electron chi connectivity index (χ2n) is 4.78. The third-order valence-electron chi connectivity index (χ3n) is 3.19. The van der Waals surface area contributed by atoms with Gasteiger partial charge >= 0.3 is 0 Å². The van der Waals surface area contributed by atoms with Crippen LogP contribution in [0.5, 0.6) is 0 Å². The highest BCUT2D eigenvalue weighted by Crippen LogP contribution is 2.24. The van der Waals surface area contributed by atoms with Crippen molar-refractivity contribution >= 4 is 28.1 Å². The summed E-state index contributed by atoms with van der Waals surface area (Å²) >= 11 is 2.94. The normalized spacial score (nSPS) is 15.1. The number of hydrogen-bond acceptors (Lipinski definition) is 7. The molecule has 122 valence electrons. The molecule has 0 radical (unpaired) electrons. The molecule has 3 N–H and O–H groups in total. The molecule has 7 heteroatoms. The molecule has 2 aromatic heterocycles. The van der Waals surface area contributed by atoms with Crippen LogP contribution in [0.1, 0.15) is 12.1 Å². The Balaban J connectivity index is 1.53. The summed E-state index contributed by atoms with van der Waals surface area (Å²) in [5.74, 6) is 7.81. The average molecular weight is 356 g/mol. The van der Waals surface area contributed by atoms with Gasteiger partial charge < -0.3 is 15.1 Å². The lowest BCUT2D eigenvalue weighted by Gasteiger charge is -2.11. The second kappa shape index (κ2) is 7.90. The molecule has 5 nitrogen and oxygen atoms in total. The molecule has 0 aliphatic carbocycles. The molecule has 0 amide bonds. The predicted octanol–water partition coefficient (Wildman–Crippen LogP) is 3.40. The Bertz CT molecular complexity index is 838. The fourth-order valence-corrected chi connectivity index (χ4v) is 3.43. The van der Waals surface area contributed by atoms with E-state index < -0.39 is 0 Å². The summed E-state index contributed by atoms with van der Waals surface area (Å²) in [6.45, 7) is 0.702. The quantitative estimate of drug-likeness (QED) is 0.566. The molecule has 0 atom stereocenters. The molecule has 1 aliphatic heterocycles. The number of hydrogen-bond donors (Lipinski definition) is 3. The maximum Gasteiger partial charge on any atom is 0.162 e. The van der Waals surface area contributed by atoms with Crippen LogP contribution in [0.4, 0.5) is 0 Å². The number of thiazole rings is 1. The van der Waals surface area contributed by atoms with Crippen molar-refractivity contribution in [1.29, 1.82) is 5.41 Å². The van der Waals surface area contributed by atoms with Crippen LogP contribution in [0.25, 0.3) is 10.8 Å². The van der Waals surface area contributed by atoms with Gasteiger partial charge in [0, 0.05) is 31.0 Å². The fraction of sp³-hybridized carbons (Fsp3) is 0.176. The van der Waals surface area contributed by atoms with E-state index in [1.165, 1.54) is 23.1 Å². The first-order valence-electron chi connectivity index (χ1n) is 7.34. The number of furan rings is 1. The van der Waals surface area contributed by atoms with Gasteiger partial charge in [0.05, 0.1) is 6.26 Å². The second-order valence-corrected chi connectivity index (χ2v) is 6.56. The lowest BCUT2D eigenvalue weighted by molar-refractivity contribution is 0.582. The number of rotatable bonds is 5. The first-order chi connectivity index (χ1) is 11.8. The summed E-state index contributed by atoms with van der Waals surface area (Å²) in [4.78, 5) is 4.44. The molecule has 3 heterocycles. The van der Waals surface area contributed by atoms with Gasteiger partial charge in [-0.05, 0) is 29.5 Å². The van der Waals surface area contributed by atoms with Gasteiger partial charge in [-0.2, -0.15) is 0 Å². The van der Waals surface area contributed by atoms with Gasteiger partial charge in [-0.3, -0.25) is 5.41 Å². The minimum atomic E-state index is 0.547. The lowest BCUT2D eigenvalue weighted by Crippen LogP contribution is -2.26. The zero-order valence-corrected chi connectivity index (χ0v) is 14.7. The van der Waals surface area contributed by atoms with E-state index in [1.807, 2.05) is 36.0 Å². The molecule has 3 rings (SSSR count). The molecule has 24 heavy (non-hydrogen) atoms. The Morgan fingerprint density at radius 3 is 3.08 bits per heavy atom. The van der Waals surface area contributed by atoms with E-state index in [1.54, 1.807) is 6.26 Å². The van der Waals surface area contributed by atoms with Gasteiger partial charge in [0.15, 0.2) is 10.8 Å². The van der Waals surface area contributed by atoms with Crippen LogP contribution in [0.2, 0.25) is 0 Å². The molecule has 0 bridgehead atoms. The van der Waals surface area contributed by atoms with E-state index >= 15 is 0 Å². The van der Waals surface area contributed by atoms with Crippen molar-refractivity contribution in [2.45, 2.75) is 6.42 Å². The van der Waals surface area contributed by atoms with E-state index in [-0.39, 0.29) is 0 Å². The van der Waals surface area contributed by atoms with Crippen molar-refractivity contribution in [3.63, 3.8) is 0 Å². The Hall–Kier alpha value is -2.43. The molecular weight excluding hydrogens is 340 g/mol. The number of nitrogens with one attached hydrogen (secondary N) is 3. The van der Waals surface area contributed by atoms with Crippen LogP contribution in [0.3, 0.4) is 0 Å². The minimum absolute atomic E-state index is 0.547. The standard InChI is InChI=1S/C17H16N4OS2/c1-19-16(13-7-10-23-15(13)18)20-8-3-2-5-12-11-24-17(21-12)14-6-4-9-22-14/h4,6-7,9-11,18-20H,3,8H2,1H3/b16-13+,18-15?. The third-order valence-corrected chi connectivity index (χ3v) is 4.77. The Morgan fingerprint density at radius 2 is 2.38 bits per heavy atom. The van der Waals surface area contributed by atoms with Gasteiger partial charge in [-0.25, -0.2) is 4.98 Å². The summed E-state index contributed by atoms with van der Waals surface area (Å²) in [5, 5.41) is 19.5. The smallest absolute Gasteiger partial charge is 0.162 e. The van der Waals surface area contributed by atoms with E-state index in [0.717, 1.165) is 27.9 Å². The molecule has 0 aromatic carbocycles. The molecule has 0 fully saturated rings. The third kappa shape index (κ3) is 3.91. The van der Waals surface area contributed by atoms with Gasteiger partial charge in [0.25, 0.3) is 0 Å². The van der Waals surface area contributed by atoms with Gasteiger partial charge in [-0.15, -0.1) is 11.3 Å². The first-order valence-corrected chi connectivity index (χ1v) is 9.10. The molecule has 0 saturated heterocycles. The Kier molecular flexibility index (Phi) is 5.41. The van der Waals surface area contributed by atoms with Crippen LogP contribution in [-0.4, -0.2) is 23.6 Å². The summed E-state index contributed by atoms with van der Waals surface area (Å²) in [5.41, 5.74) is 1.65. The van der Waals surface area contributed by atoms with Gasteiger partial charge in [-0.1, -0.05) is 17.7 Å². The SMILES string of the molecule is CN/C(NCCC#Cc1csc(-c2ccco2)n1)=C1/C=CSC1=N. The summed E-state index contributed by atoms with van der Waals surface area (Å²) in [6, 6.07) is 3.74. The van der Waals surface area contributed by atoms with Crippen LogP contribution in [0.15, 0.2) is 51.1 Å². The lowest BCUT2D eigenvalue weighted by atomic mass is 10.2. The van der Waals surface area contributed by atoms with Crippen LogP contribution >= 0.6 is 23.1 Å². The van der Waals surface area contributed by atoms with Crippen molar-refractivity contribution in [3.05, 3.63) is 52.3 Å². The summed E-state index contributed by atoms with van der Waals surface area (Å²) < 4.78 is 5.33. The van der Waals surface area contributed by atoms with E-state index in [4.69, 9.17) is 9.83 Å². The molecular formula is C17H16N4OS2. The van der Waals surface area contributed by atoms with Crippen molar-refractivity contribution in [2.75, 3.05) is 13.6 Å². The number of nitrogens with zero attached hydrogens (tertiary/aromatic N) is 1. The maximum absolute atomic E-state index is 7.85. The molecule has 2 aromatic rings. The van der Waals surface area contributed by atoms with Crippen molar-refractivity contribution < 1.29 is 4.42 Å². The highest BCUT2D eigenvalue weighted by molar-refractivity contribution is 8.17. The van der Waals surface area contributed by atoms with Crippen molar-refractivity contribution in [3.8, 4) is 22.6 Å². The topological polar surface area (TPSA) is 73.9 Å². The maximum atomic E-state index is 7.85. The van der Waals surface area contributed by atoms with Crippen LogP contribution in [-0.2, 0) is 0 Å².